The fourth-order valence-corrected chi connectivity index (χ4v) is 2.59. The summed E-state index contributed by atoms with van der Waals surface area (Å²) in [5.74, 6) is 0.976. The maximum atomic E-state index is 3.07. The van der Waals surface area contributed by atoms with Gasteiger partial charge in [0.05, 0.1) is 0 Å². The molecule has 12 heavy (non-hydrogen) atoms. The topological polar surface area (TPSA) is 0 Å². The third-order valence-electron chi connectivity index (χ3n) is 3.16. The molecule has 0 nitrogen and oxygen atoms in total. The number of rotatable bonds is 1. The Morgan fingerprint density at radius 2 is 1.58 bits per heavy atom. The molecule has 0 aromatic heterocycles. The van der Waals surface area contributed by atoms with Crippen molar-refractivity contribution in [3.8, 4) is 0 Å². The largest absolute Gasteiger partial charge is 0.134 e. The molecule has 0 bridgehead atoms. The summed E-state index contributed by atoms with van der Waals surface area (Å²) >= 11 is 0. The Morgan fingerprint density at radius 1 is 1.08 bits per heavy atom. The molecule has 0 aromatic carbocycles. The van der Waals surface area contributed by atoms with Crippen LogP contribution in [0.1, 0.15) is 52.9 Å². The minimum atomic E-state index is 0.479. The van der Waals surface area contributed by atoms with E-state index in [0.29, 0.717) is 5.41 Å². The first kappa shape index (κ1) is 10.5. The number of hydrogen-bond acceptors (Lipinski definition) is 0. The molecule has 0 radical (unpaired) electrons. The van der Waals surface area contributed by atoms with Crippen molar-refractivity contribution in [2.24, 2.45) is 11.3 Å². The molecular weight excluding hydrogens is 163 g/mol. The smallest absolute Gasteiger partial charge is 0.0187 e. The first-order valence-electron chi connectivity index (χ1n) is 5.27. The molecule has 0 aliphatic heterocycles. The van der Waals surface area contributed by atoms with E-state index in [9.17, 15) is 0 Å². The van der Waals surface area contributed by atoms with Crippen LogP contribution in [-0.4, -0.2) is 5.66 Å². The van der Waals surface area contributed by atoms with Gasteiger partial charge < -0.3 is 0 Å². The Hall–Kier alpha value is 0.430. The summed E-state index contributed by atoms with van der Waals surface area (Å²) in [7, 11) is 3.07. The van der Waals surface area contributed by atoms with E-state index in [2.05, 4.69) is 30.0 Å². The zero-order valence-corrected chi connectivity index (χ0v) is 9.92. The van der Waals surface area contributed by atoms with Gasteiger partial charge in [-0.1, -0.05) is 40.0 Å². The minimum Gasteiger partial charge on any atom is -0.134 e. The molecule has 1 fully saturated rings. The zero-order chi connectivity index (χ0) is 9.19. The Bertz CT molecular complexity index is 128. The predicted molar refractivity (Wildman–Crippen MR) is 59.5 cm³/mol. The lowest BCUT2D eigenvalue weighted by atomic mass is 9.77. The second-order valence-electron chi connectivity index (χ2n) is 5.29. The van der Waals surface area contributed by atoms with Crippen LogP contribution in [-0.2, 0) is 0 Å². The van der Waals surface area contributed by atoms with Gasteiger partial charge in [0, 0.05) is 0 Å². The number of hydrogen-bond donors (Lipinski definition) is 0. The summed E-state index contributed by atoms with van der Waals surface area (Å²) in [6.07, 6.45) is 7.33. The Morgan fingerprint density at radius 3 is 2.00 bits per heavy atom. The van der Waals surface area contributed by atoms with Crippen LogP contribution in [0.15, 0.2) is 0 Å². The van der Waals surface area contributed by atoms with Gasteiger partial charge in [0.2, 0.25) is 0 Å². The summed E-state index contributed by atoms with van der Waals surface area (Å²) in [6.45, 7) is 7.08. The molecule has 0 heterocycles. The highest BCUT2D eigenvalue weighted by atomic mass is 31.0. The van der Waals surface area contributed by atoms with Crippen LogP contribution >= 0.6 is 9.24 Å². The fourth-order valence-electron chi connectivity index (χ4n) is 2.20. The highest BCUT2D eigenvalue weighted by molar-refractivity contribution is 7.17. The van der Waals surface area contributed by atoms with E-state index < -0.39 is 0 Å². The molecular formula is C11H23P. The SMILES string of the molecule is CC(C)(C)C(P)C1CCCCC1. The van der Waals surface area contributed by atoms with Gasteiger partial charge >= 0.3 is 0 Å². The van der Waals surface area contributed by atoms with Crippen molar-refractivity contribution >= 4 is 9.24 Å². The van der Waals surface area contributed by atoms with Crippen molar-refractivity contribution in [1.29, 1.82) is 0 Å². The van der Waals surface area contributed by atoms with Gasteiger partial charge in [-0.15, -0.1) is 9.24 Å². The van der Waals surface area contributed by atoms with Crippen LogP contribution in [0.25, 0.3) is 0 Å². The first-order valence-corrected chi connectivity index (χ1v) is 5.94. The summed E-state index contributed by atoms with van der Waals surface area (Å²) in [5.41, 5.74) is 1.30. The predicted octanol–water partition coefficient (Wildman–Crippen LogP) is 3.86. The van der Waals surface area contributed by atoms with Crippen molar-refractivity contribution < 1.29 is 0 Å². The molecule has 1 heteroatoms. The molecule has 0 aromatic rings. The van der Waals surface area contributed by atoms with Crippen molar-refractivity contribution in [2.45, 2.75) is 58.5 Å². The third-order valence-corrected chi connectivity index (χ3v) is 4.70. The molecule has 1 aliphatic rings. The molecule has 2 atom stereocenters. The van der Waals surface area contributed by atoms with E-state index >= 15 is 0 Å². The third kappa shape index (κ3) is 2.73. The lowest BCUT2D eigenvalue weighted by Crippen LogP contribution is -2.29. The molecule has 0 saturated heterocycles. The quantitative estimate of drug-likeness (QED) is 0.545. The van der Waals surface area contributed by atoms with Crippen molar-refractivity contribution in [1.82, 2.24) is 0 Å². The second kappa shape index (κ2) is 4.09. The molecule has 1 aliphatic carbocycles. The lowest BCUT2D eigenvalue weighted by molar-refractivity contribution is 0.252. The van der Waals surface area contributed by atoms with E-state index in [1.807, 2.05) is 0 Å². The van der Waals surface area contributed by atoms with Crippen LogP contribution in [0.2, 0.25) is 0 Å². The van der Waals surface area contributed by atoms with Crippen molar-refractivity contribution in [3.63, 3.8) is 0 Å². The maximum Gasteiger partial charge on any atom is -0.0187 e. The standard InChI is InChI=1S/C11H23P/c1-11(2,3)10(12)9-7-5-4-6-8-9/h9-10H,4-8,12H2,1-3H3. The molecule has 0 spiro atoms. The average Bonchev–Trinajstić information content (AvgIpc) is 2.03. The Balaban J connectivity index is 2.45. The van der Waals surface area contributed by atoms with Crippen LogP contribution in [0.3, 0.4) is 0 Å². The van der Waals surface area contributed by atoms with Crippen molar-refractivity contribution in [2.75, 3.05) is 0 Å². The van der Waals surface area contributed by atoms with E-state index in [-0.39, 0.29) is 0 Å². The second-order valence-corrected chi connectivity index (χ2v) is 6.01. The van der Waals surface area contributed by atoms with Gasteiger partial charge in [-0.2, -0.15) is 0 Å². The molecule has 0 N–H and O–H groups in total. The van der Waals surface area contributed by atoms with Crippen LogP contribution in [0.5, 0.6) is 0 Å². The van der Waals surface area contributed by atoms with E-state index in [1.54, 1.807) is 0 Å². The van der Waals surface area contributed by atoms with E-state index in [1.165, 1.54) is 32.1 Å². The van der Waals surface area contributed by atoms with Crippen LogP contribution in [0, 0.1) is 11.3 Å². The van der Waals surface area contributed by atoms with Gasteiger partial charge in [0.1, 0.15) is 0 Å². The highest BCUT2D eigenvalue weighted by Crippen LogP contribution is 2.39. The minimum absolute atomic E-state index is 0.479. The van der Waals surface area contributed by atoms with Gasteiger partial charge in [-0.3, -0.25) is 0 Å². The summed E-state index contributed by atoms with van der Waals surface area (Å²) in [4.78, 5) is 0. The van der Waals surface area contributed by atoms with Crippen LogP contribution in [0.4, 0.5) is 0 Å². The van der Waals surface area contributed by atoms with E-state index in [0.717, 1.165) is 11.6 Å². The summed E-state index contributed by atoms with van der Waals surface area (Å²) in [5, 5.41) is 0. The maximum absolute atomic E-state index is 3.07. The van der Waals surface area contributed by atoms with Gasteiger partial charge in [0.25, 0.3) is 0 Å². The molecule has 1 rings (SSSR count). The van der Waals surface area contributed by atoms with Gasteiger partial charge in [-0.05, 0) is 29.8 Å². The fraction of sp³-hybridized carbons (Fsp3) is 1.00. The Labute approximate surface area is 79.7 Å². The summed E-state index contributed by atoms with van der Waals surface area (Å²) < 4.78 is 0. The molecule has 2 unspecified atom stereocenters. The molecule has 72 valence electrons. The first-order chi connectivity index (χ1) is 5.52. The summed E-state index contributed by atoms with van der Waals surface area (Å²) in [6, 6.07) is 0. The monoisotopic (exact) mass is 186 g/mol. The lowest BCUT2D eigenvalue weighted by Gasteiger charge is -2.36. The van der Waals surface area contributed by atoms with Crippen LogP contribution < -0.4 is 0 Å². The van der Waals surface area contributed by atoms with Gasteiger partial charge in [-0.25, -0.2) is 0 Å². The molecule has 0 amide bonds. The van der Waals surface area contributed by atoms with Crippen molar-refractivity contribution in [3.05, 3.63) is 0 Å². The van der Waals surface area contributed by atoms with E-state index in [4.69, 9.17) is 0 Å². The van der Waals surface area contributed by atoms with Gasteiger partial charge in [0.15, 0.2) is 0 Å². The average molecular weight is 186 g/mol. The zero-order valence-electron chi connectivity index (χ0n) is 8.77. The Kier molecular flexibility index (Phi) is 3.58. The molecule has 1 saturated carbocycles. The highest BCUT2D eigenvalue weighted by Gasteiger charge is 2.29. The normalized spacial score (nSPS) is 24.0.